The number of hydrogen-bond donors (Lipinski definition) is 0. The fraction of sp³-hybridized carbons (Fsp3) is 0.333. The Bertz CT molecular complexity index is 693. The third kappa shape index (κ3) is 4.37. The molecule has 0 radical (unpaired) electrons. The van der Waals surface area contributed by atoms with E-state index in [0.717, 1.165) is 17.2 Å². The van der Waals surface area contributed by atoms with Crippen LogP contribution < -0.4 is 51.4 Å². The van der Waals surface area contributed by atoms with E-state index in [4.69, 9.17) is 0 Å². The molecular weight excluding hydrogens is 299 g/mol. The molecule has 0 N–H and O–H groups in total. The van der Waals surface area contributed by atoms with Crippen molar-refractivity contribution in [2.24, 2.45) is 5.92 Å². The zero-order valence-corrected chi connectivity index (χ0v) is 16.0. The third-order valence-electron chi connectivity index (χ3n) is 3.24. The Hall–Kier alpha value is 0.246. The first-order valence-electron chi connectivity index (χ1n) is 6.36. The second-order valence-corrected chi connectivity index (χ2v) is 6.50. The monoisotopic (exact) mass is 316 g/mol. The van der Waals surface area contributed by atoms with Crippen LogP contribution in [0.3, 0.4) is 0 Å². The summed E-state index contributed by atoms with van der Waals surface area (Å²) in [5.41, 5.74) is 0.654. The number of aryl methyl sites for hydroxylation is 1. The molecular formula is C15H17KO3S. The number of fused-ring (bicyclic) bond motifs is 1. The van der Waals surface area contributed by atoms with Crippen LogP contribution in [0.25, 0.3) is 10.8 Å². The van der Waals surface area contributed by atoms with Gasteiger partial charge >= 0.3 is 51.4 Å². The van der Waals surface area contributed by atoms with E-state index in [2.05, 4.69) is 13.8 Å². The van der Waals surface area contributed by atoms with E-state index >= 15 is 0 Å². The molecule has 0 saturated carbocycles. The van der Waals surface area contributed by atoms with Crippen LogP contribution in [-0.4, -0.2) is 13.0 Å². The van der Waals surface area contributed by atoms with Gasteiger partial charge in [-0.25, -0.2) is 8.42 Å². The second-order valence-electron chi connectivity index (χ2n) is 5.15. The fourth-order valence-electron chi connectivity index (χ4n) is 2.24. The largest absolute Gasteiger partial charge is 1.00 e. The molecule has 0 fully saturated rings. The molecule has 0 unspecified atom stereocenters. The first kappa shape index (κ1) is 18.3. The van der Waals surface area contributed by atoms with Gasteiger partial charge in [0.15, 0.2) is 0 Å². The van der Waals surface area contributed by atoms with Crippen molar-refractivity contribution in [3.63, 3.8) is 0 Å². The molecule has 0 atom stereocenters. The first-order chi connectivity index (χ1) is 8.89. The average Bonchev–Trinajstić information content (AvgIpc) is 2.34. The van der Waals surface area contributed by atoms with Gasteiger partial charge in [0.2, 0.25) is 0 Å². The van der Waals surface area contributed by atoms with Gasteiger partial charge in [0.25, 0.3) is 0 Å². The summed E-state index contributed by atoms with van der Waals surface area (Å²) < 4.78 is 34.2. The molecule has 0 spiro atoms. The maximum Gasteiger partial charge on any atom is 1.00 e. The van der Waals surface area contributed by atoms with Crippen LogP contribution in [0.15, 0.2) is 41.3 Å². The summed E-state index contributed by atoms with van der Waals surface area (Å²) in [6.07, 6.45) is 1.46. The summed E-state index contributed by atoms with van der Waals surface area (Å²) in [6.45, 7) is 4.16. The van der Waals surface area contributed by atoms with Crippen molar-refractivity contribution in [3.8, 4) is 0 Å². The minimum atomic E-state index is -4.42. The van der Waals surface area contributed by atoms with Gasteiger partial charge in [-0.05, 0) is 41.2 Å². The number of rotatable bonds is 4. The van der Waals surface area contributed by atoms with Crippen molar-refractivity contribution in [2.75, 3.05) is 0 Å². The maximum atomic E-state index is 11.4. The molecule has 5 heteroatoms. The molecule has 2 aromatic carbocycles. The van der Waals surface area contributed by atoms with Gasteiger partial charge in [-0.15, -0.1) is 0 Å². The van der Waals surface area contributed by atoms with Crippen molar-refractivity contribution in [1.82, 2.24) is 0 Å². The van der Waals surface area contributed by atoms with E-state index in [1.165, 1.54) is 6.07 Å². The summed E-state index contributed by atoms with van der Waals surface area (Å²) >= 11 is 0. The quantitative estimate of drug-likeness (QED) is 0.604. The Balaban J connectivity index is 0.00000200. The van der Waals surface area contributed by atoms with Gasteiger partial charge < -0.3 is 4.55 Å². The molecule has 0 aromatic heterocycles. The van der Waals surface area contributed by atoms with Crippen LogP contribution >= 0.6 is 0 Å². The SMILES string of the molecule is CC(C)CCc1c(S(=O)(=O)[O-])ccc2ccccc12.[K+]. The van der Waals surface area contributed by atoms with Crippen LogP contribution in [0.2, 0.25) is 0 Å². The van der Waals surface area contributed by atoms with Gasteiger partial charge in [0.05, 0.1) is 4.90 Å². The Labute approximate surface area is 162 Å². The van der Waals surface area contributed by atoms with Crippen molar-refractivity contribution in [2.45, 2.75) is 31.6 Å². The molecule has 0 aliphatic rings. The van der Waals surface area contributed by atoms with Crippen LogP contribution in [0.4, 0.5) is 0 Å². The molecule has 0 heterocycles. The van der Waals surface area contributed by atoms with Crippen molar-refractivity contribution >= 4 is 20.9 Å². The summed E-state index contributed by atoms with van der Waals surface area (Å²) in [5, 5.41) is 1.83. The van der Waals surface area contributed by atoms with E-state index in [9.17, 15) is 13.0 Å². The minimum Gasteiger partial charge on any atom is -0.744 e. The molecule has 2 aromatic rings. The van der Waals surface area contributed by atoms with Crippen LogP contribution in [0.5, 0.6) is 0 Å². The molecule has 3 nitrogen and oxygen atoms in total. The van der Waals surface area contributed by atoms with Gasteiger partial charge in [-0.1, -0.05) is 44.2 Å². The molecule has 102 valence electrons. The molecule has 0 aliphatic heterocycles. The van der Waals surface area contributed by atoms with Gasteiger partial charge in [-0.3, -0.25) is 0 Å². The predicted octanol–water partition coefficient (Wildman–Crippen LogP) is 0.337. The smallest absolute Gasteiger partial charge is 0.744 e. The summed E-state index contributed by atoms with van der Waals surface area (Å²) in [7, 11) is -4.42. The van der Waals surface area contributed by atoms with E-state index < -0.39 is 10.1 Å². The zero-order chi connectivity index (χ0) is 14.0. The van der Waals surface area contributed by atoms with E-state index in [0.29, 0.717) is 17.9 Å². The molecule has 0 amide bonds. The molecule has 0 saturated heterocycles. The van der Waals surface area contributed by atoms with Crippen LogP contribution in [0.1, 0.15) is 25.8 Å². The normalized spacial score (nSPS) is 11.6. The minimum absolute atomic E-state index is 0. The van der Waals surface area contributed by atoms with E-state index in [1.54, 1.807) is 6.07 Å². The summed E-state index contributed by atoms with van der Waals surface area (Å²) in [4.78, 5) is -0.0770. The first-order valence-corrected chi connectivity index (χ1v) is 7.77. The number of hydrogen-bond acceptors (Lipinski definition) is 3. The van der Waals surface area contributed by atoms with Gasteiger partial charge in [-0.2, -0.15) is 0 Å². The third-order valence-corrected chi connectivity index (χ3v) is 4.16. The molecule has 0 bridgehead atoms. The molecule has 20 heavy (non-hydrogen) atoms. The Morgan fingerprint density at radius 2 is 1.75 bits per heavy atom. The fourth-order valence-corrected chi connectivity index (χ4v) is 2.99. The Kier molecular flexibility index (Phi) is 6.85. The molecule has 2 rings (SSSR count). The van der Waals surface area contributed by atoms with Gasteiger partial charge in [0, 0.05) is 0 Å². The van der Waals surface area contributed by atoms with Crippen molar-refractivity contribution < 1.29 is 64.4 Å². The summed E-state index contributed by atoms with van der Waals surface area (Å²) in [5.74, 6) is 0.459. The zero-order valence-electron chi connectivity index (χ0n) is 12.1. The summed E-state index contributed by atoms with van der Waals surface area (Å²) in [6, 6.07) is 10.7. The second kappa shape index (κ2) is 7.49. The topological polar surface area (TPSA) is 57.2 Å². The van der Waals surface area contributed by atoms with Crippen LogP contribution in [0, 0.1) is 5.92 Å². The Morgan fingerprint density at radius 1 is 1.10 bits per heavy atom. The van der Waals surface area contributed by atoms with Crippen molar-refractivity contribution in [3.05, 3.63) is 42.0 Å². The Morgan fingerprint density at radius 3 is 2.35 bits per heavy atom. The van der Waals surface area contributed by atoms with E-state index in [1.807, 2.05) is 24.3 Å². The maximum absolute atomic E-state index is 11.4. The predicted molar refractivity (Wildman–Crippen MR) is 75.1 cm³/mol. The standard InChI is InChI=1S/C15H18O3S.K/c1-11(2)7-9-14-13-6-4-3-5-12(13)8-10-15(14)19(16,17)18;/h3-6,8,10-11H,7,9H2,1-2H3,(H,16,17,18);/q;+1/p-1. The van der Waals surface area contributed by atoms with E-state index in [-0.39, 0.29) is 56.3 Å². The molecule has 0 aliphatic carbocycles. The van der Waals surface area contributed by atoms with Crippen LogP contribution in [-0.2, 0) is 16.5 Å². The average molecular weight is 316 g/mol. The number of benzene rings is 2. The van der Waals surface area contributed by atoms with Crippen molar-refractivity contribution in [1.29, 1.82) is 0 Å². The van der Waals surface area contributed by atoms with Gasteiger partial charge in [0.1, 0.15) is 10.1 Å².